The molecular formula is C18H11F3N4OS3. The quantitative estimate of drug-likeness (QED) is 0.317. The maximum absolute atomic E-state index is 12.8. The van der Waals surface area contributed by atoms with E-state index in [1.54, 1.807) is 11.3 Å². The summed E-state index contributed by atoms with van der Waals surface area (Å²) in [7, 11) is 0. The van der Waals surface area contributed by atoms with Crippen molar-refractivity contribution in [3.8, 4) is 10.6 Å². The summed E-state index contributed by atoms with van der Waals surface area (Å²) in [6, 6.07) is 8.41. The van der Waals surface area contributed by atoms with Crippen LogP contribution in [0.25, 0.3) is 20.8 Å². The van der Waals surface area contributed by atoms with Crippen molar-refractivity contribution >= 4 is 56.4 Å². The molecule has 3 heterocycles. The lowest BCUT2D eigenvalue weighted by atomic mass is 10.2. The highest BCUT2D eigenvalue weighted by Crippen LogP contribution is 2.36. The Labute approximate surface area is 175 Å². The van der Waals surface area contributed by atoms with E-state index in [2.05, 4.69) is 19.7 Å². The Morgan fingerprint density at radius 2 is 2.03 bits per heavy atom. The number of carbonyl (C=O) groups is 1. The van der Waals surface area contributed by atoms with Gasteiger partial charge in [-0.3, -0.25) is 4.79 Å². The monoisotopic (exact) mass is 452 g/mol. The minimum atomic E-state index is -4.46. The van der Waals surface area contributed by atoms with Crippen LogP contribution in [0, 0.1) is 0 Å². The molecule has 3 aromatic heterocycles. The van der Waals surface area contributed by atoms with Gasteiger partial charge >= 0.3 is 6.18 Å². The van der Waals surface area contributed by atoms with E-state index in [9.17, 15) is 18.0 Å². The molecule has 0 saturated heterocycles. The highest BCUT2D eigenvalue weighted by Gasteiger charge is 2.30. The van der Waals surface area contributed by atoms with Gasteiger partial charge in [0.1, 0.15) is 27.3 Å². The summed E-state index contributed by atoms with van der Waals surface area (Å²) in [5.74, 6) is -0.432. The number of benzene rings is 1. The van der Waals surface area contributed by atoms with Crippen molar-refractivity contribution in [2.75, 3.05) is 11.1 Å². The molecule has 1 N–H and O–H groups in total. The zero-order valence-corrected chi connectivity index (χ0v) is 16.9. The van der Waals surface area contributed by atoms with Gasteiger partial charge in [-0.05, 0) is 41.2 Å². The number of alkyl halides is 3. The van der Waals surface area contributed by atoms with Crippen LogP contribution in [-0.4, -0.2) is 26.0 Å². The van der Waals surface area contributed by atoms with E-state index < -0.39 is 17.6 Å². The Kier molecular flexibility index (Phi) is 5.52. The van der Waals surface area contributed by atoms with E-state index in [0.29, 0.717) is 10.5 Å². The molecule has 148 valence electrons. The van der Waals surface area contributed by atoms with Crippen LogP contribution in [0.4, 0.5) is 18.9 Å². The maximum Gasteiger partial charge on any atom is 0.416 e. The van der Waals surface area contributed by atoms with Gasteiger partial charge in [0, 0.05) is 5.69 Å². The molecule has 1 amide bonds. The summed E-state index contributed by atoms with van der Waals surface area (Å²) in [5, 5.41) is 5.05. The van der Waals surface area contributed by atoms with Gasteiger partial charge in [0.05, 0.1) is 16.2 Å². The van der Waals surface area contributed by atoms with Gasteiger partial charge in [-0.2, -0.15) is 17.5 Å². The van der Waals surface area contributed by atoms with Crippen LogP contribution in [0.3, 0.4) is 0 Å². The second kappa shape index (κ2) is 8.09. The third-order valence-corrected chi connectivity index (χ3v) is 6.63. The highest BCUT2D eigenvalue weighted by molar-refractivity contribution is 8.00. The Bertz CT molecular complexity index is 1160. The molecule has 0 atom stereocenters. The number of nitrogens with one attached hydrogen (secondary N) is 1. The van der Waals surface area contributed by atoms with Crippen LogP contribution < -0.4 is 5.32 Å². The van der Waals surface area contributed by atoms with Gasteiger partial charge in [-0.15, -0.1) is 11.3 Å². The predicted molar refractivity (Wildman–Crippen MR) is 109 cm³/mol. The Hall–Kier alpha value is -2.50. The lowest BCUT2D eigenvalue weighted by molar-refractivity contribution is -0.137. The first-order valence-electron chi connectivity index (χ1n) is 8.16. The second-order valence-corrected chi connectivity index (χ2v) is 8.47. The third kappa shape index (κ3) is 4.41. The van der Waals surface area contributed by atoms with Crippen molar-refractivity contribution in [1.29, 1.82) is 0 Å². The second-order valence-electron chi connectivity index (χ2n) is 5.78. The standard InChI is InChI=1S/C18H11F3N4OS3/c19-18(20,21)10-3-1-4-11(7-10)24-13(26)8-28-17-16-15(22-9-23-17)14(25-29-16)12-5-2-6-27-12/h1-7,9H,8H2,(H,24,26). The number of fused-ring (bicyclic) bond motifs is 1. The smallest absolute Gasteiger partial charge is 0.325 e. The number of nitrogens with zero attached hydrogens (tertiary/aromatic N) is 3. The molecule has 0 aliphatic heterocycles. The number of hydrogen-bond donors (Lipinski definition) is 1. The van der Waals surface area contributed by atoms with E-state index in [4.69, 9.17) is 0 Å². The van der Waals surface area contributed by atoms with E-state index in [1.807, 2.05) is 17.5 Å². The molecule has 0 radical (unpaired) electrons. The van der Waals surface area contributed by atoms with Crippen molar-refractivity contribution in [3.63, 3.8) is 0 Å². The molecule has 4 aromatic rings. The van der Waals surface area contributed by atoms with Crippen LogP contribution in [0.5, 0.6) is 0 Å². The normalized spacial score (nSPS) is 11.7. The van der Waals surface area contributed by atoms with Crippen LogP contribution >= 0.6 is 34.6 Å². The summed E-state index contributed by atoms with van der Waals surface area (Å²) < 4.78 is 43.6. The molecular weight excluding hydrogens is 441 g/mol. The molecule has 0 unspecified atom stereocenters. The molecule has 0 saturated carbocycles. The third-order valence-electron chi connectivity index (χ3n) is 3.79. The lowest BCUT2D eigenvalue weighted by Crippen LogP contribution is -2.15. The molecule has 0 fully saturated rings. The fraction of sp³-hybridized carbons (Fsp3) is 0.111. The van der Waals surface area contributed by atoms with Crippen molar-refractivity contribution in [2.24, 2.45) is 0 Å². The molecule has 4 rings (SSSR count). The number of aromatic nitrogens is 3. The van der Waals surface area contributed by atoms with Gasteiger partial charge in [-0.25, -0.2) is 9.97 Å². The zero-order valence-electron chi connectivity index (χ0n) is 14.4. The SMILES string of the molecule is O=C(CSc1ncnc2c(-c3cccs3)nsc12)Nc1cccc(C(F)(F)F)c1. The Morgan fingerprint density at radius 1 is 1.17 bits per heavy atom. The Balaban J connectivity index is 1.47. The maximum atomic E-state index is 12.8. The molecule has 0 bridgehead atoms. The summed E-state index contributed by atoms with van der Waals surface area (Å²) in [5.41, 5.74) is 0.771. The zero-order chi connectivity index (χ0) is 20.4. The van der Waals surface area contributed by atoms with Crippen LogP contribution in [0.1, 0.15) is 5.56 Å². The summed E-state index contributed by atoms with van der Waals surface area (Å²) in [6.07, 6.45) is -3.05. The molecule has 0 aliphatic carbocycles. The number of thioether (sulfide) groups is 1. The molecule has 0 spiro atoms. The molecule has 5 nitrogen and oxygen atoms in total. The number of amides is 1. The summed E-state index contributed by atoms with van der Waals surface area (Å²) >= 11 is 4.00. The number of anilines is 1. The number of carbonyl (C=O) groups excluding carboxylic acids is 1. The topological polar surface area (TPSA) is 67.8 Å². The largest absolute Gasteiger partial charge is 0.416 e. The lowest BCUT2D eigenvalue weighted by Gasteiger charge is -2.09. The van der Waals surface area contributed by atoms with Crippen molar-refractivity contribution in [2.45, 2.75) is 11.2 Å². The minimum Gasteiger partial charge on any atom is -0.325 e. The van der Waals surface area contributed by atoms with Gasteiger partial charge in [0.2, 0.25) is 5.91 Å². The molecule has 1 aromatic carbocycles. The first-order valence-corrected chi connectivity index (χ1v) is 10.8. The van der Waals surface area contributed by atoms with E-state index >= 15 is 0 Å². The van der Waals surface area contributed by atoms with Crippen molar-refractivity contribution in [1.82, 2.24) is 14.3 Å². The van der Waals surface area contributed by atoms with E-state index in [1.165, 1.54) is 41.8 Å². The molecule has 11 heteroatoms. The van der Waals surface area contributed by atoms with Gasteiger partial charge in [-0.1, -0.05) is 23.9 Å². The summed E-state index contributed by atoms with van der Waals surface area (Å²) in [4.78, 5) is 21.7. The average molecular weight is 453 g/mol. The van der Waals surface area contributed by atoms with E-state index in [0.717, 1.165) is 27.4 Å². The van der Waals surface area contributed by atoms with Crippen LogP contribution in [0.15, 0.2) is 53.1 Å². The average Bonchev–Trinajstić information content (AvgIpc) is 3.35. The number of rotatable bonds is 5. The predicted octanol–water partition coefficient (Wildman–Crippen LogP) is 5.56. The fourth-order valence-corrected chi connectivity index (χ4v) is 5.01. The van der Waals surface area contributed by atoms with Crippen molar-refractivity contribution < 1.29 is 18.0 Å². The first-order chi connectivity index (χ1) is 13.9. The van der Waals surface area contributed by atoms with Crippen LogP contribution in [0.2, 0.25) is 0 Å². The number of hydrogen-bond acceptors (Lipinski definition) is 7. The number of halogens is 3. The van der Waals surface area contributed by atoms with E-state index in [-0.39, 0.29) is 11.4 Å². The Morgan fingerprint density at radius 3 is 2.79 bits per heavy atom. The minimum absolute atomic E-state index is 0.00536. The number of thiophene rings is 1. The van der Waals surface area contributed by atoms with Gasteiger partial charge in [0.25, 0.3) is 0 Å². The fourth-order valence-electron chi connectivity index (χ4n) is 2.53. The molecule has 0 aliphatic rings. The van der Waals surface area contributed by atoms with Crippen molar-refractivity contribution in [3.05, 3.63) is 53.7 Å². The van der Waals surface area contributed by atoms with Gasteiger partial charge in [0.15, 0.2) is 0 Å². The highest BCUT2D eigenvalue weighted by atomic mass is 32.2. The molecule has 29 heavy (non-hydrogen) atoms. The first kappa shape index (κ1) is 19.8. The summed E-state index contributed by atoms with van der Waals surface area (Å²) in [6.45, 7) is 0. The van der Waals surface area contributed by atoms with Gasteiger partial charge < -0.3 is 5.32 Å². The van der Waals surface area contributed by atoms with Crippen LogP contribution in [-0.2, 0) is 11.0 Å².